The van der Waals surface area contributed by atoms with Gasteiger partial charge in [-0.3, -0.25) is 4.90 Å². The molecule has 1 fully saturated rings. The van der Waals surface area contributed by atoms with E-state index < -0.39 is 0 Å². The lowest BCUT2D eigenvalue weighted by molar-refractivity contribution is 0.277. The number of hydrogen-bond acceptors (Lipinski definition) is 4. The van der Waals surface area contributed by atoms with Crippen LogP contribution < -0.4 is 5.32 Å². The number of likely N-dealkylation sites (N-methyl/N-ethyl adjacent to an activating group) is 1. The maximum Gasteiger partial charge on any atom is 0.153 e. The van der Waals surface area contributed by atoms with Crippen LogP contribution in [0.15, 0.2) is 12.3 Å². The number of likely N-dealkylation sites (tertiary alicyclic amines) is 1. The van der Waals surface area contributed by atoms with Crippen LogP contribution in [-0.4, -0.2) is 40.8 Å². The van der Waals surface area contributed by atoms with Crippen LogP contribution in [0.3, 0.4) is 0 Å². The molecule has 1 aliphatic rings. The normalized spacial score (nSPS) is 21.2. The SMILES string of the molecule is CCN1CCCC1CNc1cnnc(Cl)c1. The quantitative estimate of drug-likeness (QED) is 0.875. The molecule has 0 saturated carbocycles. The first-order chi connectivity index (χ1) is 7.79. The second-order valence-corrected chi connectivity index (χ2v) is 4.46. The molecule has 2 heterocycles. The van der Waals surface area contributed by atoms with Crippen molar-refractivity contribution in [2.45, 2.75) is 25.8 Å². The van der Waals surface area contributed by atoms with E-state index in [2.05, 4.69) is 27.3 Å². The van der Waals surface area contributed by atoms with E-state index in [4.69, 9.17) is 11.6 Å². The van der Waals surface area contributed by atoms with Gasteiger partial charge in [0.05, 0.1) is 11.9 Å². The summed E-state index contributed by atoms with van der Waals surface area (Å²) >= 11 is 5.77. The van der Waals surface area contributed by atoms with E-state index in [0.717, 1.165) is 18.8 Å². The Balaban J connectivity index is 1.87. The summed E-state index contributed by atoms with van der Waals surface area (Å²) in [5.74, 6) is 0. The summed E-state index contributed by atoms with van der Waals surface area (Å²) in [7, 11) is 0. The molecule has 16 heavy (non-hydrogen) atoms. The van der Waals surface area contributed by atoms with E-state index in [1.807, 2.05) is 0 Å². The van der Waals surface area contributed by atoms with Crippen molar-refractivity contribution in [1.29, 1.82) is 0 Å². The van der Waals surface area contributed by atoms with E-state index in [9.17, 15) is 0 Å². The van der Waals surface area contributed by atoms with Gasteiger partial charge in [0.1, 0.15) is 0 Å². The fourth-order valence-corrected chi connectivity index (χ4v) is 2.38. The van der Waals surface area contributed by atoms with Gasteiger partial charge in [-0.25, -0.2) is 0 Å². The van der Waals surface area contributed by atoms with Crippen LogP contribution in [0.5, 0.6) is 0 Å². The highest BCUT2D eigenvalue weighted by Gasteiger charge is 2.22. The molecule has 1 saturated heterocycles. The topological polar surface area (TPSA) is 41.0 Å². The van der Waals surface area contributed by atoms with E-state index in [1.54, 1.807) is 12.3 Å². The Bertz CT molecular complexity index is 345. The smallest absolute Gasteiger partial charge is 0.153 e. The highest BCUT2D eigenvalue weighted by Crippen LogP contribution is 2.17. The van der Waals surface area contributed by atoms with Crippen molar-refractivity contribution in [2.24, 2.45) is 0 Å². The first-order valence-electron chi connectivity index (χ1n) is 5.75. The minimum Gasteiger partial charge on any atom is -0.382 e. The molecule has 0 radical (unpaired) electrons. The predicted octanol–water partition coefficient (Wildman–Crippen LogP) is 2.03. The number of halogens is 1. The minimum absolute atomic E-state index is 0.434. The van der Waals surface area contributed by atoms with Gasteiger partial charge < -0.3 is 5.32 Å². The predicted molar refractivity (Wildman–Crippen MR) is 65.8 cm³/mol. The Morgan fingerprint density at radius 3 is 3.25 bits per heavy atom. The summed E-state index contributed by atoms with van der Waals surface area (Å²) in [6, 6.07) is 2.44. The summed E-state index contributed by atoms with van der Waals surface area (Å²) in [5, 5.41) is 11.3. The van der Waals surface area contributed by atoms with E-state index in [-0.39, 0.29) is 0 Å². The minimum atomic E-state index is 0.434. The standard InChI is InChI=1S/C11H17ClN4/c1-2-16-5-3-4-10(16)8-13-9-6-11(12)15-14-7-9/h6-7,10H,2-5,8H2,1H3,(H,13,15). The Morgan fingerprint density at radius 1 is 1.62 bits per heavy atom. The number of rotatable bonds is 4. The molecule has 1 unspecified atom stereocenters. The molecule has 2 rings (SSSR count). The lowest BCUT2D eigenvalue weighted by Crippen LogP contribution is -2.34. The molecule has 0 aromatic carbocycles. The Morgan fingerprint density at radius 2 is 2.50 bits per heavy atom. The third-order valence-corrected chi connectivity index (χ3v) is 3.26. The van der Waals surface area contributed by atoms with Gasteiger partial charge in [-0.2, -0.15) is 5.10 Å². The summed E-state index contributed by atoms with van der Waals surface area (Å²) in [4.78, 5) is 2.50. The highest BCUT2D eigenvalue weighted by molar-refractivity contribution is 6.29. The average molecular weight is 241 g/mol. The van der Waals surface area contributed by atoms with Crippen molar-refractivity contribution < 1.29 is 0 Å². The zero-order valence-corrected chi connectivity index (χ0v) is 10.2. The summed E-state index contributed by atoms with van der Waals surface area (Å²) in [5.41, 5.74) is 0.947. The lowest BCUT2D eigenvalue weighted by atomic mass is 10.2. The second-order valence-electron chi connectivity index (χ2n) is 4.07. The Labute approximate surface area is 101 Å². The Kier molecular flexibility index (Phi) is 3.96. The van der Waals surface area contributed by atoms with Crippen molar-refractivity contribution in [3.8, 4) is 0 Å². The van der Waals surface area contributed by atoms with Crippen molar-refractivity contribution in [2.75, 3.05) is 25.0 Å². The third kappa shape index (κ3) is 2.83. The van der Waals surface area contributed by atoms with Crippen molar-refractivity contribution in [3.05, 3.63) is 17.4 Å². The molecule has 0 amide bonds. The van der Waals surface area contributed by atoms with Gasteiger partial charge >= 0.3 is 0 Å². The fourth-order valence-electron chi connectivity index (χ4n) is 2.22. The van der Waals surface area contributed by atoms with E-state index in [1.165, 1.54) is 19.4 Å². The largest absolute Gasteiger partial charge is 0.382 e. The van der Waals surface area contributed by atoms with Crippen molar-refractivity contribution in [3.63, 3.8) is 0 Å². The van der Waals surface area contributed by atoms with Crippen LogP contribution in [0.4, 0.5) is 5.69 Å². The van der Waals surface area contributed by atoms with Gasteiger partial charge in [0.15, 0.2) is 5.15 Å². The highest BCUT2D eigenvalue weighted by atomic mass is 35.5. The van der Waals surface area contributed by atoms with Crippen LogP contribution in [0.1, 0.15) is 19.8 Å². The second kappa shape index (κ2) is 5.46. The molecule has 5 heteroatoms. The fraction of sp³-hybridized carbons (Fsp3) is 0.636. The van der Waals surface area contributed by atoms with Gasteiger partial charge in [0.2, 0.25) is 0 Å². The first kappa shape index (κ1) is 11.6. The number of aromatic nitrogens is 2. The molecular formula is C11H17ClN4. The molecular weight excluding hydrogens is 224 g/mol. The monoisotopic (exact) mass is 240 g/mol. The molecule has 4 nitrogen and oxygen atoms in total. The number of nitrogens with zero attached hydrogens (tertiary/aromatic N) is 3. The summed E-state index contributed by atoms with van der Waals surface area (Å²) in [6.45, 7) is 5.51. The molecule has 0 aliphatic carbocycles. The molecule has 1 aliphatic heterocycles. The van der Waals surface area contributed by atoms with Crippen LogP contribution in [0, 0.1) is 0 Å². The average Bonchev–Trinajstić information content (AvgIpc) is 2.74. The number of anilines is 1. The van der Waals surface area contributed by atoms with Crippen molar-refractivity contribution >= 4 is 17.3 Å². The number of hydrogen-bond donors (Lipinski definition) is 1. The van der Waals surface area contributed by atoms with Gasteiger partial charge in [0.25, 0.3) is 0 Å². The molecule has 0 bridgehead atoms. The maximum atomic E-state index is 5.77. The molecule has 1 aromatic heterocycles. The maximum absolute atomic E-state index is 5.77. The molecule has 1 N–H and O–H groups in total. The molecule has 88 valence electrons. The van der Waals surface area contributed by atoms with Crippen LogP contribution in [0.2, 0.25) is 5.15 Å². The Hall–Kier alpha value is -0.870. The summed E-state index contributed by atoms with van der Waals surface area (Å²) in [6.07, 6.45) is 4.28. The molecule has 0 spiro atoms. The van der Waals surface area contributed by atoms with Crippen molar-refractivity contribution in [1.82, 2.24) is 15.1 Å². The molecule has 1 atom stereocenters. The number of nitrogens with one attached hydrogen (secondary N) is 1. The molecule has 1 aromatic rings. The summed E-state index contributed by atoms with van der Waals surface area (Å²) < 4.78 is 0. The zero-order valence-electron chi connectivity index (χ0n) is 9.49. The van der Waals surface area contributed by atoms with Gasteiger partial charge in [-0.05, 0) is 25.9 Å². The third-order valence-electron chi connectivity index (χ3n) is 3.07. The van der Waals surface area contributed by atoms with Crippen LogP contribution >= 0.6 is 11.6 Å². The first-order valence-corrected chi connectivity index (χ1v) is 6.13. The van der Waals surface area contributed by atoms with Crippen LogP contribution in [-0.2, 0) is 0 Å². The van der Waals surface area contributed by atoms with E-state index in [0.29, 0.717) is 11.2 Å². The van der Waals surface area contributed by atoms with Gasteiger partial charge in [-0.15, -0.1) is 5.10 Å². The van der Waals surface area contributed by atoms with Gasteiger partial charge in [-0.1, -0.05) is 18.5 Å². The zero-order chi connectivity index (χ0) is 11.4. The van der Waals surface area contributed by atoms with Gasteiger partial charge in [0, 0.05) is 18.7 Å². The van der Waals surface area contributed by atoms with E-state index >= 15 is 0 Å². The lowest BCUT2D eigenvalue weighted by Gasteiger charge is -2.23. The van der Waals surface area contributed by atoms with Crippen LogP contribution in [0.25, 0.3) is 0 Å².